The predicted octanol–water partition coefficient (Wildman–Crippen LogP) is 3.71. The van der Waals surface area contributed by atoms with Crippen molar-refractivity contribution in [2.45, 2.75) is 33.7 Å². The summed E-state index contributed by atoms with van der Waals surface area (Å²) in [6.45, 7) is 9.56. The molecule has 0 saturated carbocycles. The fraction of sp³-hybridized carbons (Fsp3) is 0.353. The zero-order valence-electron chi connectivity index (χ0n) is 12.2. The number of hydrogen-bond acceptors (Lipinski definition) is 2. The van der Waals surface area contributed by atoms with Gasteiger partial charge in [0.25, 0.3) is 0 Å². The molecule has 2 aromatic rings. The molecule has 1 heterocycles. The van der Waals surface area contributed by atoms with Crippen LogP contribution in [0.2, 0.25) is 0 Å². The number of nitrogens with one attached hydrogen (secondary N) is 1. The SMILES string of the molecule is CCNC(c1ccccn1)c1cc(C)c(C)cc1C. The second kappa shape index (κ2) is 5.98. The predicted molar refractivity (Wildman–Crippen MR) is 80.4 cm³/mol. The monoisotopic (exact) mass is 254 g/mol. The molecule has 1 N–H and O–H groups in total. The van der Waals surface area contributed by atoms with E-state index in [1.165, 1.54) is 22.3 Å². The summed E-state index contributed by atoms with van der Waals surface area (Å²) in [6.07, 6.45) is 1.86. The zero-order chi connectivity index (χ0) is 13.8. The topological polar surface area (TPSA) is 24.9 Å². The zero-order valence-corrected chi connectivity index (χ0v) is 12.2. The highest BCUT2D eigenvalue weighted by Gasteiger charge is 2.16. The Kier molecular flexibility index (Phi) is 4.33. The van der Waals surface area contributed by atoms with E-state index < -0.39 is 0 Å². The molecule has 1 unspecified atom stereocenters. The molecule has 0 aliphatic carbocycles. The summed E-state index contributed by atoms with van der Waals surface area (Å²) < 4.78 is 0. The van der Waals surface area contributed by atoms with Crippen LogP contribution in [0.1, 0.15) is 40.9 Å². The largest absolute Gasteiger partial charge is 0.305 e. The first-order chi connectivity index (χ1) is 9.13. The molecule has 100 valence electrons. The van der Waals surface area contributed by atoms with Crippen LogP contribution in [0.15, 0.2) is 36.5 Å². The van der Waals surface area contributed by atoms with Gasteiger partial charge < -0.3 is 5.32 Å². The van der Waals surface area contributed by atoms with Crippen LogP contribution in [0, 0.1) is 20.8 Å². The molecule has 0 aliphatic heterocycles. The first-order valence-electron chi connectivity index (χ1n) is 6.85. The molecule has 0 radical (unpaired) electrons. The molecule has 0 aliphatic rings. The van der Waals surface area contributed by atoms with Gasteiger partial charge in [0, 0.05) is 6.20 Å². The van der Waals surface area contributed by atoms with Crippen molar-refractivity contribution in [1.82, 2.24) is 10.3 Å². The quantitative estimate of drug-likeness (QED) is 0.899. The van der Waals surface area contributed by atoms with Crippen LogP contribution in [0.4, 0.5) is 0 Å². The van der Waals surface area contributed by atoms with Crippen molar-refractivity contribution in [2.24, 2.45) is 0 Å². The van der Waals surface area contributed by atoms with Gasteiger partial charge in [-0.15, -0.1) is 0 Å². The van der Waals surface area contributed by atoms with E-state index >= 15 is 0 Å². The van der Waals surface area contributed by atoms with Gasteiger partial charge in [0.15, 0.2) is 0 Å². The second-order valence-corrected chi connectivity index (χ2v) is 5.04. The highest BCUT2D eigenvalue weighted by Crippen LogP contribution is 2.26. The lowest BCUT2D eigenvalue weighted by molar-refractivity contribution is 0.612. The minimum atomic E-state index is 0.172. The van der Waals surface area contributed by atoms with E-state index in [2.05, 4.69) is 56.2 Å². The van der Waals surface area contributed by atoms with Crippen molar-refractivity contribution in [2.75, 3.05) is 6.54 Å². The number of benzene rings is 1. The van der Waals surface area contributed by atoms with Gasteiger partial charge in [0.1, 0.15) is 0 Å². The number of aryl methyl sites for hydroxylation is 3. The number of hydrogen-bond donors (Lipinski definition) is 1. The van der Waals surface area contributed by atoms with Crippen LogP contribution in [0.5, 0.6) is 0 Å². The Morgan fingerprint density at radius 1 is 1.05 bits per heavy atom. The molecular formula is C17H22N2. The third-order valence-electron chi connectivity index (χ3n) is 3.59. The average molecular weight is 254 g/mol. The molecule has 0 saturated heterocycles. The van der Waals surface area contributed by atoms with Gasteiger partial charge in [-0.2, -0.15) is 0 Å². The molecule has 2 rings (SSSR count). The normalized spacial score (nSPS) is 12.4. The molecule has 1 aromatic carbocycles. The van der Waals surface area contributed by atoms with E-state index in [1.54, 1.807) is 0 Å². The fourth-order valence-corrected chi connectivity index (χ4v) is 2.42. The van der Waals surface area contributed by atoms with Crippen molar-refractivity contribution < 1.29 is 0 Å². The standard InChI is InChI=1S/C17H22N2/c1-5-18-17(16-8-6-7-9-19-16)15-11-13(3)12(2)10-14(15)4/h6-11,17-18H,5H2,1-4H3. The number of aromatic nitrogens is 1. The molecule has 0 bridgehead atoms. The summed E-state index contributed by atoms with van der Waals surface area (Å²) in [5.74, 6) is 0. The Hall–Kier alpha value is -1.67. The highest BCUT2D eigenvalue weighted by atomic mass is 14.9. The summed E-state index contributed by atoms with van der Waals surface area (Å²) in [7, 11) is 0. The van der Waals surface area contributed by atoms with Gasteiger partial charge in [-0.1, -0.05) is 25.1 Å². The van der Waals surface area contributed by atoms with E-state index in [1.807, 2.05) is 18.3 Å². The van der Waals surface area contributed by atoms with Crippen molar-refractivity contribution >= 4 is 0 Å². The summed E-state index contributed by atoms with van der Waals surface area (Å²) >= 11 is 0. The van der Waals surface area contributed by atoms with E-state index in [0.717, 1.165) is 12.2 Å². The van der Waals surface area contributed by atoms with Gasteiger partial charge in [-0.05, 0) is 61.7 Å². The molecule has 1 atom stereocenters. The maximum atomic E-state index is 4.50. The molecule has 0 amide bonds. The molecule has 1 aromatic heterocycles. The van der Waals surface area contributed by atoms with Gasteiger partial charge in [-0.3, -0.25) is 4.98 Å². The maximum absolute atomic E-state index is 4.50. The maximum Gasteiger partial charge on any atom is 0.0753 e. The Labute approximate surface area is 115 Å². The van der Waals surface area contributed by atoms with Crippen molar-refractivity contribution in [3.8, 4) is 0 Å². The third kappa shape index (κ3) is 3.02. The summed E-state index contributed by atoms with van der Waals surface area (Å²) in [6, 6.07) is 10.8. The average Bonchev–Trinajstić information content (AvgIpc) is 2.42. The fourth-order valence-electron chi connectivity index (χ4n) is 2.42. The van der Waals surface area contributed by atoms with E-state index in [0.29, 0.717) is 0 Å². The van der Waals surface area contributed by atoms with Gasteiger partial charge >= 0.3 is 0 Å². The molecule has 19 heavy (non-hydrogen) atoms. The van der Waals surface area contributed by atoms with E-state index in [-0.39, 0.29) is 6.04 Å². The number of pyridine rings is 1. The van der Waals surface area contributed by atoms with Crippen LogP contribution in [-0.4, -0.2) is 11.5 Å². The van der Waals surface area contributed by atoms with Crippen molar-refractivity contribution in [3.05, 3.63) is 64.5 Å². The number of nitrogens with zero attached hydrogens (tertiary/aromatic N) is 1. The van der Waals surface area contributed by atoms with Crippen LogP contribution >= 0.6 is 0 Å². The Morgan fingerprint density at radius 2 is 1.79 bits per heavy atom. The molecule has 2 heteroatoms. The molecule has 0 fully saturated rings. The van der Waals surface area contributed by atoms with Crippen LogP contribution in [0.3, 0.4) is 0 Å². The van der Waals surface area contributed by atoms with Crippen LogP contribution in [0.25, 0.3) is 0 Å². The van der Waals surface area contributed by atoms with Gasteiger partial charge in [-0.25, -0.2) is 0 Å². The summed E-state index contributed by atoms with van der Waals surface area (Å²) in [4.78, 5) is 4.50. The van der Waals surface area contributed by atoms with E-state index in [9.17, 15) is 0 Å². The lowest BCUT2D eigenvalue weighted by Gasteiger charge is -2.21. The molecule has 0 spiro atoms. The van der Waals surface area contributed by atoms with Gasteiger partial charge in [0.05, 0.1) is 11.7 Å². The Morgan fingerprint density at radius 3 is 2.42 bits per heavy atom. The lowest BCUT2D eigenvalue weighted by atomic mass is 9.94. The lowest BCUT2D eigenvalue weighted by Crippen LogP contribution is -2.23. The Balaban J connectivity index is 2.48. The minimum absolute atomic E-state index is 0.172. The first kappa shape index (κ1) is 13.8. The van der Waals surface area contributed by atoms with Crippen LogP contribution < -0.4 is 5.32 Å². The van der Waals surface area contributed by atoms with Crippen LogP contribution in [-0.2, 0) is 0 Å². The van der Waals surface area contributed by atoms with Crippen molar-refractivity contribution in [1.29, 1.82) is 0 Å². The third-order valence-corrected chi connectivity index (χ3v) is 3.59. The number of rotatable bonds is 4. The second-order valence-electron chi connectivity index (χ2n) is 5.04. The summed E-state index contributed by atoms with van der Waals surface area (Å²) in [5.41, 5.74) is 6.40. The molecule has 2 nitrogen and oxygen atoms in total. The Bertz CT molecular complexity index is 547. The molecular weight excluding hydrogens is 232 g/mol. The first-order valence-corrected chi connectivity index (χ1v) is 6.85. The van der Waals surface area contributed by atoms with Crippen molar-refractivity contribution in [3.63, 3.8) is 0 Å². The minimum Gasteiger partial charge on any atom is -0.305 e. The summed E-state index contributed by atoms with van der Waals surface area (Å²) in [5, 5.41) is 3.54. The highest BCUT2D eigenvalue weighted by molar-refractivity contribution is 5.41. The smallest absolute Gasteiger partial charge is 0.0753 e. The van der Waals surface area contributed by atoms with E-state index in [4.69, 9.17) is 0 Å². The van der Waals surface area contributed by atoms with Gasteiger partial charge in [0.2, 0.25) is 0 Å².